The zero-order valence-corrected chi connectivity index (χ0v) is 12.8. The molecule has 1 aliphatic carbocycles. The monoisotopic (exact) mass is 358 g/mol. The lowest BCUT2D eigenvalue weighted by molar-refractivity contribution is -0.142. The van der Waals surface area contributed by atoms with Gasteiger partial charge in [0.15, 0.2) is 0 Å². The van der Waals surface area contributed by atoms with Gasteiger partial charge in [0.25, 0.3) is 0 Å². The van der Waals surface area contributed by atoms with Crippen molar-refractivity contribution in [2.45, 2.75) is 19.3 Å². The van der Waals surface area contributed by atoms with Gasteiger partial charge in [0.2, 0.25) is 0 Å². The van der Waals surface area contributed by atoms with E-state index in [2.05, 4.69) is 26.6 Å². The number of anilines is 1. The number of aliphatic carboxylic acids is 1. The maximum absolute atomic E-state index is 13.5. The Balaban J connectivity index is 1.87. The minimum atomic E-state index is -0.822. The first-order valence-electron chi connectivity index (χ1n) is 6.70. The molecule has 2 amide bonds. The Labute approximate surface area is 130 Å². The van der Waals surface area contributed by atoms with Crippen molar-refractivity contribution in [1.29, 1.82) is 0 Å². The number of carbonyl (C=O) groups is 2. The van der Waals surface area contributed by atoms with E-state index < -0.39 is 23.7 Å². The smallest absolute Gasteiger partial charge is 0.319 e. The predicted octanol–water partition coefficient (Wildman–Crippen LogP) is 3.21. The molecule has 2 unspecified atom stereocenters. The fourth-order valence-corrected chi connectivity index (χ4v) is 2.95. The Hall–Kier alpha value is -1.63. The second-order valence-corrected chi connectivity index (χ2v) is 6.01. The van der Waals surface area contributed by atoms with Crippen LogP contribution in [0.15, 0.2) is 22.7 Å². The molecule has 1 aliphatic rings. The summed E-state index contributed by atoms with van der Waals surface area (Å²) in [6.07, 6.45) is 2.28. The fraction of sp³-hybridized carbons (Fsp3) is 0.429. The standard InChI is InChI=1S/C14H16BrFN2O3/c15-9-4-5-11(16)12(6-9)18-14(21)17-7-8-2-1-3-10(8)13(19)20/h4-6,8,10H,1-3,7H2,(H,19,20)(H2,17,18,21). The zero-order chi connectivity index (χ0) is 15.4. The molecular formula is C14H16BrFN2O3. The van der Waals surface area contributed by atoms with E-state index in [0.717, 1.165) is 12.8 Å². The summed E-state index contributed by atoms with van der Waals surface area (Å²) in [5, 5.41) is 14.1. The summed E-state index contributed by atoms with van der Waals surface area (Å²) in [5.74, 6) is -1.83. The van der Waals surface area contributed by atoms with Gasteiger partial charge in [-0.05, 0) is 37.0 Å². The Kier molecular flexibility index (Phi) is 5.17. The van der Waals surface area contributed by atoms with Crippen LogP contribution in [0.4, 0.5) is 14.9 Å². The van der Waals surface area contributed by atoms with Crippen LogP contribution in [0.5, 0.6) is 0 Å². The first-order chi connectivity index (χ1) is 9.97. The van der Waals surface area contributed by atoms with Crippen molar-refractivity contribution in [3.05, 3.63) is 28.5 Å². The summed E-state index contributed by atoms with van der Waals surface area (Å²) < 4.78 is 14.2. The van der Waals surface area contributed by atoms with Crippen molar-refractivity contribution in [2.24, 2.45) is 11.8 Å². The average molecular weight is 359 g/mol. The molecule has 1 saturated carbocycles. The summed E-state index contributed by atoms with van der Waals surface area (Å²) in [6, 6.07) is 3.71. The highest BCUT2D eigenvalue weighted by molar-refractivity contribution is 9.10. The van der Waals surface area contributed by atoms with Crippen molar-refractivity contribution < 1.29 is 19.1 Å². The number of carboxylic acid groups (broad SMARTS) is 1. The van der Waals surface area contributed by atoms with E-state index >= 15 is 0 Å². The van der Waals surface area contributed by atoms with Gasteiger partial charge < -0.3 is 15.7 Å². The Morgan fingerprint density at radius 2 is 2.14 bits per heavy atom. The van der Waals surface area contributed by atoms with E-state index in [1.54, 1.807) is 0 Å². The Morgan fingerprint density at radius 1 is 1.38 bits per heavy atom. The van der Waals surface area contributed by atoms with E-state index in [1.165, 1.54) is 18.2 Å². The van der Waals surface area contributed by atoms with Gasteiger partial charge in [0, 0.05) is 11.0 Å². The summed E-state index contributed by atoms with van der Waals surface area (Å²) >= 11 is 3.20. The molecule has 114 valence electrons. The number of hydrogen-bond donors (Lipinski definition) is 3. The highest BCUT2D eigenvalue weighted by Crippen LogP contribution is 2.31. The van der Waals surface area contributed by atoms with Gasteiger partial charge in [-0.25, -0.2) is 9.18 Å². The molecule has 7 heteroatoms. The maximum Gasteiger partial charge on any atom is 0.319 e. The summed E-state index contributed by atoms with van der Waals surface area (Å²) in [7, 11) is 0. The average Bonchev–Trinajstić information content (AvgIpc) is 2.89. The molecule has 0 saturated heterocycles. The second-order valence-electron chi connectivity index (χ2n) is 5.09. The topological polar surface area (TPSA) is 78.4 Å². The van der Waals surface area contributed by atoms with Gasteiger partial charge in [-0.2, -0.15) is 0 Å². The first-order valence-corrected chi connectivity index (χ1v) is 7.49. The minimum Gasteiger partial charge on any atom is -0.481 e. The number of benzene rings is 1. The van der Waals surface area contributed by atoms with Gasteiger partial charge in [0.05, 0.1) is 11.6 Å². The van der Waals surface area contributed by atoms with E-state index in [9.17, 15) is 14.0 Å². The fourth-order valence-electron chi connectivity index (χ4n) is 2.59. The zero-order valence-electron chi connectivity index (χ0n) is 11.2. The number of rotatable bonds is 4. The van der Waals surface area contributed by atoms with E-state index in [1.807, 2.05) is 0 Å². The van der Waals surface area contributed by atoms with E-state index in [-0.39, 0.29) is 18.2 Å². The van der Waals surface area contributed by atoms with Crippen molar-refractivity contribution >= 4 is 33.6 Å². The van der Waals surface area contributed by atoms with Crippen LogP contribution < -0.4 is 10.6 Å². The number of amides is 2. The molecule has 0 heterocycles. The lowest BCUT2D eigenvalue weighted by atomic mass is 9.96. The van der Waals surface area contributed by atoms with Gasteiger partial charge in [-0.3, -0.25) is 4.79 Å². The molecular weight excluding hydrogens is 343 g/mol. The normalized spacial score (nSPS) is 21.0. The van der Waals surface area contributed by atoms with Crippen molar-refractivity contribution in [3.63, 3.8) is 0 Å². The number of halogens is 2. The lowest BCUT2D eigenvalue weighted by Crippen LogP contribution is -2.35. The molecule has 0 bridgehead atoms. The molecule has 2 rings (SSSR count). The van der Waals surface area contributed by atoms with Crippen molar-refractivity contribution in [2.75, 3.05) is 11.9 Å². The van der Waals surface area contributed by atoms with Gasteiger partial charge in [0.1, 0.15) is 5.82 Å². The summed E-state index contributed by atoms with van der Waals surface area (Å²) in [5.41, 5.74) is 0.0723. The molecule has 0 spiro atoms. The highest BCUT2D eigenvalue weighted by atomic mass is 79.9. The van der Waals surface area contributed by atoms with Crippen LogP contribution in [0.25, 0.3) is 0 Å². The molecule has 3 N–H and O–H groups in total. The van der Waals surface area contributed by atoms with Crippen LogP contribution in [0.3, 0.4) is 0 Å². The third-order valence-corrected chi connectivity index (χ3v) is 4.17. The third kappa shape index (κ3) is 4.17. The number of nitrogens with one attached hydrogen (secondary N) is 2. The van der Waals surface area contributed by atoms with Crippen LogP contribution in [0, 0.1) is 17.7 Å². The highest BCUT2D eigenvalue weighted by Gasteiger charge is 2.32. The molecule has 0 radical (unpaired) electrons. The molecule has 5 nitrogen and oxygen atoms in total. The van der Waals surface area contributed by atoms with Crippen LogP contribution >= 0.6 is 15.9 Å². The lowest BCUT2D eigenvalue weighted by Gasteiger charge is -2.16. The summed E-state index contributed by atoms with van der Waals surface area (Å²) in [6.45, 7) is 0.276. The molecule has 1 fully saturated rings. The van der Waals surface area contributed by atoms with E-state index in [4.69, 9.17) is 5.11 Å². The van der Waals surface area contributed by atoms with Gasteiger partial charge in [-0.1, -0.05) is 22.4 Å². The molecule has 1 aromatic rings. The Morgan fingerprint density at radius 3 is 2.86 bits per heavy atom. The number of urea groups is 1. The second kappa shape index (κ2) is 6.89. The quantitative estimate of drug-likeness (QED) is 0.773. The molecule has 0 aliphatic heterocycles. The third-order valence-electron chi connectivity index (χ3n) is 3.68. The van der Waals surface area contributed by atoms with Crippen LogP contribution in [-0.4, -0.2) is 23.7 Å². The molecule has 2 atom stereocenters. The van der Waals surface area contributed by atoms with Crippen LogP contribution in [0.2, 0.25) is 0 Å². The van der Waals surface area contributed by atoms with Crippen molar-refractivity contribution in [3.8, 4) is 0 Å². The Bertz CT molecular complexity index is 553. The summed E-state index contributed by atoms with van der Waals surface area (Å²) in [4.78, 5) is 22.8. The van der Waals surface area contributed by atoms with Crippen LogP contribution in [0.1, 0.15) is 19.3 Å². The van der Waals surface area contributed by atoms with Crippen LogP contribution in [-0.2, 0) is 4.79 Å². The molecule has 1 aromatic carbocycles. The SMILES string of the molecule is O=C(NCC1CCCC1C(=O)O)Nc1cc(Br)ccc1F. The largest absolute Gasteiger partial charge is 0.481 e. The van der Waals surface area contributed by atoms with Crippen molar-refractivity contribution in [1.82, 2.24) is 5.32 Å². The predicted molar refractivity (Wildman–Crippen MR) is 79.6 cm³/mol. The number of carbonyl (C=O) groups excluding carboxylic acids is 1. The number of hydrogen-bond acceptors (Lipinski definition) is 2. The van der Waals surface area contributed by atoms with E-state index in [0.29, 0.717) is 10.9 Å². The number of carboxylic acids is 1. The first kappa shape index (κ1) is 15.8. The van der Waals surface area contributed by atoms with Gasteiger partial charge >= 0.3 is 12.0 Å². The maximum atomic E-state index is 13.5. The van der Waals surface area contributed by atoms with Gasteiger partial charge in [-0.15, -0.1) is 0 Å². The minimum absolute atomic E-state index is 0.0689. The molecule has 0 aromatic heterocycles. The molecule has 21 heavy (non-hydrogen) atoms.